The molecule has 0 unspecified atom stereocenters. The van der Waals surface area contributed by atoms with Crippen molar-refractivity contribution in [1.82, 2.24) is 15.6 Å². The first-order chi connectivity index (χ1) is 9.99. The summed E-state index contributed by atoms with van der Waals surface area (Å²) >= 11 is 0. The minimum atomic E-state index is -0.875. The summed E-state index contributed by atoms with van der Waals surface area (Å²) in [6.07, 6.45) is 5.05. The minimum absolute atomic E-state index is 0.0213. The lowest BCUT2D eigenvalue weighted by atomic mass is 9.93. The molecule has 1 aromatic heterocycles. The average molecular weight is 291 g/mol. The smallest absolute Gasteiger partial charge is 0.315 e. The van der Waals surface area contributed by atoms with Gasteiger partial charge >= 0.3 is 12.0 Å². The first-order valence-electron chi connectivity index (χ1n) is 7.18. The molecular formula is C15H21N3O3. The molecule has 6 nitrogen and oxygen atoms in total. The molecule has 2 rings (SSSR count). The van der Waals surface area contributed by atoms with Gasteiger partial charge in [-0.1, -0.05) is 18.9 Å². The first kappa shape index (κ1) is 15.3. The Kier molecular flexibility index (Phi) is 4.77. The number of pyridine rings is 1. The van der Waals surface area contributed by atoms with Crippen molar-refractivity contribution in [1.29, 1.82) is 0 Å². The second kappa shape index (κ2) is 6.56. The fraction of sp³-hybridized carbons (Fsp3) is 0.533. The van der Waals surface area contributed by atoms with Crippen molar-refractivity contribution in [3.63, 3.8) is 0 Å². The summed E-state index contributed by atoms with van der Waals surface area (Å²) in [5.41, 5.74) is 1.24. The summed E-state index contributed by atoms with van der Waals surface area (Å²) < 4.78 is 0. The Bertz CT molecular complexity index is 507. The van der Waals surface area contributed by atoms with Gasteiger partial charge in [0.2, 0.25) is 0 Å². The molecule has 1 aliphatic rings. The number of aliphatic carboxylic acids is 1. The highest BCUT2D eigenvalue weighted by Crippen LogP contribution is 2.32. The molecule has 0 saturated heterocycles. The van der Waals surface area contributed by atoms with E-state index in [4.69, 9.17) is 5.11 Å². The quantitative estimate of drug-likeness (QED) is 0.773. The Hall–Kier alpha value is -2.11. The van der Waals surface area contributed by atoms with Gasteiger partial charge in [-0.2, -0.15) is 0 Å². The monoisotopic (exact) mass is 291 g/mol. The van der Waals surface area contributed by atoms with Gasteiger partial charge in [0.1, 0.15) is 0 Å². The highest BCUT2D eigenvalue weighted by Gasteiger charge is 2.37. The van der Waals surface area contributed by atoms with Crippen molar-refractivity contribution in [2.24, 2.45) is 0 Å². The molecule has 1 saturated carbocycles. The topological polar surface area (TPSA) is 91.3 Å². The number of carboxylic acid groups (broad SMARTS) is 1. The molecule has 0 bridgehead atoms. The molecule has 1 aromatic rings. The zero-order valence-corrected chi connectivity index (χ0v) is 12.2. The fourth-order valence-corrected chi connectivity index (χ4v) is 2.76. The molecule has 21 heavy (non-hydrogen) atoms. The van der Waals surface area contributed by atoms with Crippen molar-refractivity contribution in [3.8, 4) is 0 Å². The third-order valence-electron chi connectivity index (χ3n) is 3.85. The first-order valence-corrected chi connectivity index (χ1v) is 7.18. The van der Waals surface area contributed by atoms with E-state index >= 15 is 0 Å². The van der Waals surface area contributed by atoms with Crippen LogP contribution in [-0.4, -0.2) is 27.6 Å². The number of rotatable bonds is 5. The lowest BCUT2D eigenvalue weighted by molar-refractivity contribution is -0.138. The molecule has 1 aliphatic carbocycles. The van der Waals surface area contributed by atoms with Crippen LogP contribution in [0, 0.1) is 6.92 Å². The number of amides is 2. The number of aromatic nitrogens is 1. The van der Waals surface area contributed by atoms with Crippen LogP contribution in [-0.2, 0) is 11.3 Å². The number of carbonyl (C=O) groups is 2. The number of nitrogens with one attached hydrogen (secondary N) is 2. The zero-order valence-electron chi connectivity index (χ0n) is 12.2. The molecule has 0 atom stereocenters. The summed E-state index contributed by atoms with van der Waals surface area (Å²) in [5, 5.41) is 14.6. The van der Waals surface area contributed by atoms with Crippen LogP contribution in [0.1, 0.15) is 43.4 Å². The zero-order chi connectivity index (χ0) is 15.3. The molecule has 3 N–H and O–H groups in total. The summed E-state index contributed by atoms with van der Waals surface area (Å²) in [6.45, 7) is 2.28. The van der Waals surface area contributed by atoms with Crippen molar-refractivity contribution in [2.75, 3.05) is 0 Å². The molecule has 114 valence electrons. The number of hydrogen-bond donors (Lipinski definition) is 3. The van der Waals surface area contributed by atoms with Crippen LogP contribution in [0.2, 0.25) is 0 Å². The predicted molar refractivity (Wildman–Crippen MR) is 77.8 cm³/mol. The Balaban J connectivity index is 1.87. The van der Waals surface area contributed by atoms with E-state index in [1.807, 2.05) is 19.1 Å². The molecule has 1 fully saturated rings. The molecule has 0 aromatic carbocycles. The van der Waals surface area contributed by atoms with Crippen molar-refractivity contribution >= 4 is 12.0 Å². The predicted octanol–water partition coefficient (Wildman–Crippen LogP) is 1.98. The van der Waals surface area contributed by atoms with Gasteiger partial charge in [0.05, 0.1) is 12.0 Å². The van der Waals surface area contributed by atoms with Crippen LogP contribution >= 0.6 is 0 Å². The maximum absolute atomic E-state index is 12.0. The van der Waals surface area contributed by atoms with Crippen LogP contribution in [0.15, 0.2) is 18.3 Å². The maximum Gasteiger partial charge on any atom is 0.315 e. The van der Waals surface area contributed by atoms with Crippen LogP contribution in [0.25, 0.3) is 0 Å². The second-order valence-corrected chi connectivity index (χ2v) is 5.67. The summed E-state index contributed by atoms with van der Waals surface area (Å²) in [5.74, 6) is -0.875. The lowest BCUT2D eigenvalue weighted by Crippen LogP contribution is -2.51. The molecule has 0 radical (unpaired) electrons. The Morgan fingerprint density at radius 2 is 2.05 bits per heavy atom. The standard InChI is InChI=1S/C15H21N3O3/c1-11-4-5-12(9-16-11)10-17-14(21)18-15(8-13(19)20)6-2-3-7-15/h4-5,9H,2-3,6-8,10H2,1H3,(H,19,20)(H2,17,18,21). The number of carboxylic acids is 1. The highest BCUT2D eigenvalue weighted by atomic mass is 16.4. The maximum atomic E-state index is 12.0. The lowest BCUT2D eigenvalue weighted by Gasteiger charge is -2.28. The van der Waals surface area contributed by atoms with E-state index in [-0.39, 0.29) is 12.5 Å². The van der Waals surface area contributed by atoms with Crippen LogP contribution < -0.4 is 10.6 Å². The SMILES string of the molecule is Cc1ccc(CNC(=O)NC2(CC(=O)O)CCCC2)cn1. The van der Waals surface area contributed by atoms with Crippen LogP contribution in [0.5, 0.6) is 0 Å². The minimum Gasteiger partial charge on any atom is -0.481 e. The fourth-order valence-electron chi connectivity index (χ4n) is 2.76. The number of carbonyl (C=O) groups excluding carboxylic acids is 1. The molecule has 0 aliphatic heterocycles. The van der Waals surface area contributed by atoms with Gasteiger partial charge in [-0.05, 0) is 31.4 Å². The van der Waals surface area contributed by atoms with E-state index in [1.165, 1.54) is 0 Å². The van der Waals surface area contributed by atoms with Crippen molar-refractivity contribution in [3.05, 3.63) is 29.6 Å². The summed E-state index contributed by atoms with van der Waals surface area (Å²) in [4.78, 5) is 27.1. The van der Waals surface area contributed by atoms with Crippen molar-refractivity contribution in [2.45, 2.75) is 51.1 Å². The van der Waals surface area contributed by atoms with E-state index in [2.05, 4.69) is 15.6 Å². The van der Waals surface area contributed by atoms with Gasteiger partial charge < -0.3 is 15.7 Å². The van der Waals surface area contributed by atoms with E-state index in [0.717, 1.165) is 36.9 Å². The van der Waals surface area contributed by atoms with E-state index in [9.17, 15) is 9.59 Å². The third-order valence-corrected chi connectivity index (χ3v) is 3.85. The molecule has 6 heteroatoms. The van der Waals surface area contributed by atoms with Gasteiger partial charge in [-0.3, -0.25) is 9.78 Å². The van der Waals surface area contributed by atoms with E-state index in [0.29, 0.717) is 6.54 Å². The number of nitrogens with zero attached hydrogens (tertiary/aromatic N) is 1. The number of urea groups is 1. The molecule has 0 spiro atoms. The Labute approximate surface area is 124 Å². The Morgan fingerprint density at radius 3 is 2.62 bits per heavy atom. The van der Waals surface area contributed by atoms with Crippen LogP contribution in [0.3, 0.4) is 0 Å². The van der Waals surface area contributed by atoms with E-state index < -0.39 is 11.5 Å². The van der Waals surface area contributed by atoms with Gasteiger partial charge in [0.15, 0.2) is 0 Å². The summed E-state index contributed by atoms with van der Waals surface area (Å²) in [6, 6.07) is 3.47. The second-order valence-electron chi connectivity index (χ2n) is 5.67. The molecule has 2 amide bonds. The van der Waals surface area contributed by atoms with Gasteiger partial charge in [0, 0.05) is 18.4 Å². The third kappa shape index (κ3) is 4.44. The van der Waals surface area contributed by atoms with Crippen molar-refractivity contribution < 1.29 is 14.7 Å². The average Bonchev–Trinajstić information content (AvgIpc) is 2.85. The van der Waals surface area contributed by atoms with Gasteiger partial charge in [-0.15, -0.1) is 0 Å². The van der Waals surface area contributed by atoms with E-state index in [1.54, 1.807) is 6.20 Å². The van der Waals surface area contributed by atoms with Crippen LogP contribution in [0.4, 0.5) is 4.79 Å². The number of hydrogen-bond acceptors (Lipinski definition) is 3. The molecular weight excluding hydrogens is 270 g/mol. The largest absolute Gasteiger partial charge is 0.481 e. The summed E-state index contributed by atoms with van der Waals surface area (Å²) in [7, 11) is 0. The van der Waals surface area contributed by atoms with Gasteiger partial charge in [-0.25, -0.2) is 4.79 Å². The normalized spacial score (nSPS) is 16.4. The highest BCUT2D eigenvalue weighted by molar-refractivity contribution is 5.76. The van der Waals surface area contributed by atoms with Gasteiger partial charge in [0.25, 0.3) is 0 Å². The number of aryl methyl sites for hydroxylation is 1. The Morgan fingerprint density at radius 1 is 1.33 bits per heavy atom. The molecule has 1 heterocycles.